The van der Waals surface area contributed by atoms with Crippen LogP contribution in [-0.2, 0) is 13.0 Å². The van der Waals surface area contributed by atoms with Crippen molar-refractivity contribution in [2.24, 2.45) is 0 Å². The Morgan fingerprint density at radius 3 is 2.77 bits per heavy atom. The SMILES string of the molecule is Cc1cn(-c2ccc(NC(=O)N(C)Cc3ccc4c(c3)CCCN4C)cc2F)cn1. The summed E-state index contributed by atoms with van der Waals surface area (Å²) in [6.45, 7) is 3.40. The van der Waals surface area contributed by atoms with Gasteiger partial charge in [-0.2, -0.15) is 0 Å². The number of aromatic nitrogens is 2. The number of hydrogen-bond donors (Lipinski definition) is 1. The molecule has 156 valence electrons. The molecule has 1 aromatic heterocycles. The minimum atomic E-state index is -0.424. The lowest BCUT2D eigenvalue weighted by molar-refractivity contribution is 0.220. The van der Waals surface area contributed by atoms with Crippen LogP contribution in [-0.4, -0.2) is 41.1 Å². The van der Waals surface area contributed by atoms with Crippen LogP contribution in [0.25, 0.3) is 5.69 Å². The average molecular weight is 407 g/mol. The van der Waals surface area contributed by atoms with Gasteiger partial charge >= 0.3 is 6.03 Å². The number of imidazole rings is 1. The molecule has 3 aromatic rings. The Balaban J connectivity index is 1.42. The molecule has 0 saturated carbocycles. The van der Waals surface area contributed by atoms with E-state index in [2.05, 4.69) is 40.4 Å². The van der Waals surface area contributed by atoms with Gasteiger partial charge in [0.2, 0.25) is 0 Å². The Kier molecular flexibility index (Phi) is 5.44. The van der Waals surface area contributed by atoms with Crippen LogP contribution in [0.5, 0.6) is 0 Å². The molecule has 2 aromatic carbocycles. The van der Waals surface area contributed by atoms with Crippen molar-refractivity contribution in [3.05, 3.63) is 71.6 Å². The van der Waals surface area contributed by atoms with Crippen LogP contribution in [0.15, 0.2) is 48.9 Å². The molecule has 4 rings (SSSR count). The lowest BCUT2D eigenvalue weighted by Gasteiger charge is -2.28. The first-order valence-corrected chi connectivity index (χ1v) is 10.1. The summed E-state index contributed by atoms with van der Waals surface area (Å²) in [7, 11) is 3.84. The molecule has 0 aliphatic carbocycles. The first-order chi connectivity index (χ1) is 14.4. The topological polar surface area (TPSA) is 53.4 Å². The normalized spacial score (nSPS) is 13.1. The predicted molar refractivity (Wildman–Crippen MR) is 117 cm³/mol. The van der Waals surface area contributed by atoms with E-state index in [1.165, 1.54) is 17.3 Å². The fraction of sp³-hybridized carbons (Fsp3) is 0.304. The van der Waals surface area contributed by atoms with Crippen molar-refractivity contribution in [1.82, 2.24) is 14.5 Å². The molecule has 1 aliphatic heterocycles. The number of carbonyl (C=O) groups is 1. The summed E-state index contributed by atoms with van der Waals surface area (Å²) in [4.78, 5) is 20.6. The van der Waals surface area contributed by atoms with Gasteiger partial charge in [0, 0.05) is 44.8 Å². The summed E-state index contributed by atoms with van der Waals surface area (Å²) in [5.41, 5.74) is 5.28. The molecule has 0 unspecified atom stereocenters. The highest BCUT2D eigenvalue weighted by molar-refractivity contribution is 5.89. The van der Waals surface area contributed by atoms with Crippen LogP contribution in [0, 0.1) is 12.7 Å². The second kappa shape index (κ2) is 8.18. The molecule has 0 saturated heterocycles. The highest BCUT2D eigenvalue weighted by Crippen LogP contribution is 2.27. The van der Waals surface area contributed by atoms with Gasteiger partial charge in [0.05, 0.1) is 17.7 Å². The summed E-state index contributed by atoms with van der Waals surface area (Å²) in [6.07, 6.45) is 5.52. The molecule has 6 nitrogen and oxygen atoms in total. The number of nitrogens with zero attached hydrogens (tertiary/aromatic N) is 4. The van der Waals surface area contributed by atoms with Gasteiger partial charge in [-0.3, -0.25) is 0 Å². The van der Waals surface area contributed by atoms with E-state index >= 15 is 0 Å². The van der Waals surface area contributed by atoms with Crippen LogP contribution in [0.3, 0.4) is 0 Å². The number of nitrogens with one attached hydrogen (secondary N) is 1. The predicted octanol–water partition coefficient (Wildman–Crippen LogP) is 4.37. The van der Waals surface area contributed by atoms with E-state index in [0.717, 1.165) is 30.6 Å². The third-order valence-corrected chi connectivity index (χ3v) is 5.45. The molecule has 7 heteroatoms. The number of fused-ring (bicyclic) bond motifs is 1. The number of rotatable bonds is 4. The highest BCUT2D eigenvalue weighted by atomic mass is 19.1. The van der Waals surface area contributed by atoms with E-state index in [-0.39, 0.29) is 6.03 Å². The van der Waals surface area contributed by atoms with Crippen molar-refractivity contribution in [1.29, 1.82) is 0 Å². The number of hydrogen-bond acceptors (Lipinski definition) is 3. The quantitative estimate of drug-likeness (QED) is 0.699. The van der Waals surface area contributed by atoms with Crippen molar-refractivity contribution in [3.63, 3.8) is 0 Å². The Bertz CT molecular complexity index is 1080. The molecule has 0 fully saturated rings. The molecule has 30 heavy (non-hydrogen) atoms. The number of halogens is 1. The zero-order valence-electron chi connectivity index (χ0n) is 17.5. The first-order valence-electron chi connectivity index (χ1n) is 10.1. The molecule has 1 aliphatic rings. The van der Waals surface area contributed by atoms with E-state index in [0.29, 0.717) is 17.9 Å². The fourth-order valence-electron chi connectivity index (χ4n) is 3.85. The average Bonchev–Trinajstić information content (AvgIpc) is 3.14. The third-order valence-electron chi connectivity index (χ3n) is 5.45. The second-order valence-corrected chi connectivity index (χ2v) is 7.86. The van der Waals surface area contributed by atoms with Gasteiger partial charge in [0.15, 0.2) is 0 Å². The van der Waals surface area contributed by atoms with Crippen LogP contribution in [0.2, 0.25) is 0 Å². The molecule has 0 spiro atoms. The van der Waals surface area contributed by atoms with Crippen molar-refractivity contribution in [2.75, 3.05) is 30.9 Å². The Morgan fingerprint density at radius 2 is 2.03 bits per heavy atom. The van der Waals surface area contributed by atoms with Gasteiger partial charge in [-0.25, -0.2) is 14.2 Å². The van der Waals surface area contributed by atoms with E-state index in [1.807, 2.05) is 6.92 Å². The summed E-state index contributed by atoms with van der Waals surface area (Å²) in [5, 5.41) is 2.77. The maximum Gasteiger partial charge on any atom is 0.321 e. The summed E-state index contributed by atoms with van der Waals surface area (Å²) >= 11 is 0. The first kappa shape index (κ1) is 19.9. The van der Waals surface area contributed by atoms with Crippen LogP contribution in [0.4, 0.5) is 20.6 Å². The number of aryl methyl sites for hydroxylation is 2. The molecule has 0 bridgehead atoms. The monoisotopic (exact) mass is 407 g/mol. The minimum absolute atomic E-state index is 0.282. The number of carbonyl (C=O) groups excluding carboxylic acids is 1. The van der Waals surface area contributed by atoms with Gasteiger partial charge in [-0.15, -0.1) is 0 Å². The van der Waals surface area contributed by atoms with Crippen LogP contribution in [0.1, 0.15) is 23.2 Å². The third kappa shape index (κ3) is 4.15. The zero-order chi connectivity index (χ0) is 21.3. The Labute approximate surface area is 175 Å². The molecule has 0 radical (unpaired) electrons. The lowest BCUT2D eigenvalue weighted by atomic mass is 9.99. The van der Waals surface area contributed by atoms with Gasteiger partial charge in [0.25, 0.3) is 0 Å². The number of anilines is 2. The van der Waals surface area contributed by atoms with Crippen LogP contribution < -0.4 is 10.2 Å². The van der Waals surface area contributed by atoms with Crippen molar-refractivity contribution in [2.45, 2.75) is 26.3 Å². The minimum Gasteiger partial charge on any atom is -0.374 e. The van der Waals surface area contributed by atoms with E-state index in [1.54, 1.807) is 41.2 Å². The van der Waals surface area contributed by atoms with Gasteiger partial charge < -0.3 is 19.7 Å². The van der Waals surface area contributed by atoms with Crippen LogP contribution >= 0.6 is 0 Å². The smallest absolute Gasteiger partial charge is 0.321 e. The summed E-state index contributed by atoms with van der Waals surface area (Å²) in [5.74, 6) is -0.424. The van der Waals surface area contributed by atoms with E-state index in [4.69, 9.17) is 0 Å². The molecule has 2 heterocycles. The molecular weight excluding hydrogens is 381 g/mol. The molecule has 2 amide bonds. The van der Waals surface area contributed by atoms with Gasteiger partial charge in [-0.1, -0.05) is 12.1 Å². The fourth-order valence-corrected chi connectivity index (χ4v) is 3.85. The molecular formula is C23H26FN5O. The van der Waals surface area contributed by atoms with Crippen molar-refractivity contribution < 1.29 is 9.18 Å². The highest BCUT2D eigenvalue weighted by Gasteiger charge is 2.16. The summed E-state index contributed by atoms with van der Waals surface area (Å²) in [6, 6.07) is 10.7. The molecule has 0 atom stereocenters. The van der Waals surface area contributed by atoms with Gasteiger partial charge in [-0.05, 0) is 55.2 Å². The molecule has 1 N–H and O–H groups in total. The van der Waals surface area contributed by atoms with Crippen molar-refractivity contribution in [3.8, 4) is 5.69 Å². The standard InChI is InChI=1S/C23H26FN5O/c1-16-13-29(15-25-16)22-9-7-19(12-20(22)24)26-23(30)28(3)14-17-6-8-21-18(11-17)5-4-10-27(21)2/h6-9,11-13,15H,4-5,10,14H2,1-3H3,(H,26,30). The second-order valence-electron chi connectivity index (χ2n) is 7.86. The van der Waals surface area contributed by atoms with Crippen molar-refractivity contribution >= 4 is 17.4 Å². The zero-order valence-corrected chi connectivity index (χ0v) is 17.5. The van der Waals surface area contributed by atoms with E-state index in [9.17, 15) is 9.18 Å². The van der Waals surface area contributed by atoms with E-state index < -0.39 is 5.82 Å². The maximum atomic E-state index is 14.5. The maximum absolute atomic E-state index is 14.5. The summed E-state index contributed by atoms with van der Waals surface area (Å²) < 4.78 is 16.1. The Morgan fingerprint density at radius 1 is 1.23 bits per heavy atom. The number of benzene rings is 2. The largest absolute Gasteiger partial charge is 0.374 e. The Hall–Kier alpha value is -3.35. The van der Waals surface area contributed by atoms with Gasteiger partial charge in [0.1, 0.15) is 5.82 Å². The lowest BCUT2D eigenvalue weighted by Crippen LogP contribution is -2.31. The number of urea groups is 1. The number of amides is 2.